The lowest BCUT2D eigenvalue weighted by molar-refractivity contribution is -0.383. The molecule has 0 saturated heterocycles. The van der Waals surface area contributed by atoms with Crippen molar-refractivity contribution in [1.29, 1.82) is 0 Å². The maximum atomic E-state index is 12.4. The number of carbonyl (C=O) groups is 2. The standard InChI is InChI=1S/C20H25N3O4/c1-12(20-9-13-6-14(10-20)8-15(7-13)11-20)21-18(24)19(25)22-16-4-2-3-5-17(16)23(26)27/h2-5,12-15H,6-11H2,1H3,(H,21,24)(H,22,25). The maximum Gasteiger partial charge on any atom is 0.313 e. The third kappa shape index (κ3) is 3.31. The Hall–Kier alpha value is -2.44. The number of rotatable bonds is 4. The van der Waals surface area contributed by atoms with Gasteiger partial charge in [0.15, 0.2) is 0 Å². The van der Waals surface area contributed by atoms with Crippen molar-refractivity contribution in [2.75, 3.05) is 5.32 Å². The van der Waals surface area contributed by atoms with Crippen LogP contribution in [0.2, 0.25) is 0 Å². The molecule has 1 aromatic rings. The van der Waals surface area contributed by atoms with Gasteiger partial charge in [-0.3, -0.25) is 19.7 Å². The van der Waals surface area contributed by atoms with E-state index in [1.807, 2.05) is 6.92 Å². The lowest BCUT2D eigenvalue weighted by Crippen LogP contribution is -2.57. The highest BCUT2D eigenvalue weighted by Gasteiger charge is 2.53. The Kier molecular flexibility index (Phi) is 4.40. The first kappa shape index (κ1) is 17.9. The third-order valence-corrected chi connectivity index (χ3v) is 6.91. The van der Waals surface area contributed by atoms with E-state index in [9.17, 15) is 19.7 Å². The van der Waals surface area contributed by atoms with Crippen molar-refractivity contribution in [2.45, 2.75) is 51.5 Å². The average molecular weight is 371 g/mol. The van der Waals surface area contributed by atoms with Gasteiger partial charge in [-0.15, -0.1) is 0 Å². The number of amides is 2. The topological polar surface area (TPSA) is 101 Å². The Labute approximate surface area is 158 Å². The molecule has 7 nitrogen and oxygen atoms in total. The number of nitrogens with one attached hydrogen (secondary N) is 2. The Morgan fingerprint density at radius 2 is 1.63 bits per heavy atom. The predicted octanol–water partition coefficient (Wildman–Crippen LogP) is 3.25. The first-order chi connectivity index (χ1) is 12.9. The molecule has 4 bridgehead atoms. The highest BCUT2D eigenvalue weighted by Crippen LogP contribution is 2.61. The molecule has 5 rings (SSSR count). The van der Waals surface area contributed by atoms with Crippen LogP contribution in [-0.4, -0.2) is 22.8 Å². The summed E-state index contributed by atoms with van der Waals surface area (Å²) in [5.74, 6) is 0.696. The van der Waals surface area contributed by atoms with Crippen LogP contribution in [0.1, 0.15) is 45.4 Å². The summed E-state index contributed by atoms with van der Waals surface area (Å²) in [5, 5.41) is 16.3. The minimum absolute atomic E-state index is 0.0325. The predicted molar refractivity (Wildman–Crippen MR) is 99.9 cm³/mol. The highest BCUT2D eigenvalue weighted by molar-refractivity contribution is 6.39. The number of carbonyl (C=O) groups excluding carboxylic acids is 2. The van der Waals surface area contributed by atoms with Crippen molar-refractivity contribution in [3.63, 3.8) is 0 Å². The highest BCUT2D eigenvalue weighted by atomic mass is 16.6. The fourth-order valence-corrected chi connectivity index (χ4v) is 6.04. The van der Waals surface area contributed by atoms with Crippen molar-refractivity contribution in [3.05, 3.63) is 34.4 Å². The Morgan fingerprint density at radius 3 is 2.19 bits per heavy atom. The second kappa shape index (κ2) is 6.62. The van der Waals surface area contributed by atoms with Crippen molar-refractivity contribution < 1.29 is 14.5 Å². The van der Waals surface area contributed by atoms with Gasteiger partial charge in [0.25, 0.3) is 5.69 Å². The van der Waals surface area contributed by atoms with Crippen LogP contribution in [0.4, 0.5) is 11.4 Å². The molecule has 0 aromatic heterocycles. The van der Waals surface area contributed by atoms with E-state index < -0.39 is 16.7 Å². The van der Waals surface area contributed by atoms with Crippen LogP contribution in [0.25, 0.3) is 0 Å². The van der Waals surface area contributed by atoms with Crippen LogP contribution in [0.5, 0.6) is 0 Å². The first-order valence-electron chi connectivity index (χ1n) is 9.71. The number of nitrogens with zero attached hydrogens (tertiary/aromatic N) is 1. The molecule has 27 heavy (non-hydrogen) atoms. The number of hydrogen-bond acceptors (Lipinski definition) is 4. The van der Waals surface area contributed by atoms with E-state index in [-0.39, 0.29) is 22.8 Å². The van der Waals surface area contributed by atoms with Crippen LogP contribution in [0.15, 0.2) is 24.3 Å². The molecule has 4 aliphatic carbocycles. The van der Waals surface area contributed by atoms with Crippen molar-refractivity contribution in [3.8, 4) is 0 Å². The van der Waals surface area contributed by atoms with Gasteiger partial charge >= 0.3 is 11.8 Å². The molecule has 1 aromatic carbocycles. The molecular weight excluding hydrogens is 346 g/mol. The number of para-hydroxylation sites is 2. The monoisotopic (exact) mass is 371 g/mol. The second-order valence-electron chi connectivity index (χ2n) is 8.70. The molecule has 0 aliphatic heterocycles. The normalized spacial score (nSPS) is 32.0. The zero-order chi connectivity index (χ0) is 19.2. The summed E-state index contributed by atoms with van der Waals surface area (Å²) >= 11 is 0. The minimum Gasteiger partial charge on any atom is -0.345 e. The van der Waals surface area contributed by atoms with Crippen molar-refractivity contribution in [1.82, 2.24) is 5.32 Å². The van der Waals surface area contributed by atoms with E-state index in [0.717, 1.165) is 37.0 Å². The van der Waals surface area contributed by atoms with Gasteiger partial charge in [0, 0.05) is 12.1 Å². The molecule has 4 fully saturated rings. The molecule has 0 heterocycles. The number of nitro groups is 1. The summed E-state index contributed by atoms with van der Waals surface area (Å²) in [6, 6.07) is 5.74. The van der Waals surface area contributed by atoms with Crippen molar-refractivity contribution in [2.24, 2.45) is 23.2 Å². The van der Waals surface area contributed by atoms with E-state index in [0.29, 0.717) is 0 Å². The Balaban J connectivity index is 1.42. The van der Waals surface area contributed by atoms with Gasteiger partial charge in [0.1, 0.15) is 5.69 Å². The minimum atomic E-state index is -0.860. The van der Waals surface area contributed by atoms with Crippen LogP contribution in [-0.2, 0) is 9.59 Å². The molecule has 1 unspecified atom stereocenters. The fourth-order valence-electron chi connectivity index (χ4n) is 6.04. The summed E-state index contributed by atoms with van der Waals surface area (Å²) in [5.41, 5.74) is -0.0958. The van der Waals surface area contributed by atoms with Crippen molar-refractivity contribution >= 4 is 23.2 Å². The van der Waals surface area contributed by atoms with E-state index in [2.05, 4.69) is 10.6 Å². The van der Waals surface area contributed by atoms with Crippen LogP contribution < -0.4 is 10.6 Å². The summed E-state index contributed by atoms with van der Waals surface area (Å²) in [4.78, 5) is 35.2. The quantitative estimate of drug-likeness (QED) is 0.482. The number of anilines is 1. The number of nitro benzene ring substituents is 1. The van der Waals surface area contributed by atoms with Gasteiger partial charge < -0.3 is 10.6 Å². The molecule has 4 aliphatic rings. The average Bonchev–Trinajstić information content (AvgIpc) is 2.60. The summed E-state index contributed by atoms with van der Waals surface area (Å²) in [7, 11) is 0. The van der Waals surface area contributed by atoms with E-state index in [1.54, 1.807) is 6.07 Å². The van der Waals surface area contributed by atoms with Gasteiger partial charge in [0.05, 0.1) is 4.92 Å². The smallest absolute Gasteiger partial charge is 0.313 e. The zero-order valence-corrected chi connectivity index (χ0v) is 15.4. The third-order valence-electron chi connectivity index (χ3n) is 6.91. The lowest BCUT2D eigenvalue weighted by atomic mass is 9.48. The SMILES string of the molecule is CC(NC(=O)C(=O)Nc1ccccc1[N+](=O)[O-])C12CC3CC(CC(C3)C1)C2. The van der Waals surface area contributed by atoms with Gasteiger partial charge in [-0.1, -0.05) is 12.1 Å². The van der Waals surface area contributed by atoms with Gasteiger partial charge in [0.2, 0.25) is 0 Å². The van der Waals surface area contributed by atoms with Crippen LogP contribution in [0.3, 0.4) is 0 Å². The molecule has 144 valence electrons. The van der Waals surface area contributed by atoms with E-state index in [4.69, 9.17) is 0 Å². The van der Waals surface area contributed by atoms with E-state index >= 15 is 0 Å². The van der Waals surface area contributed by atoms with Crippen LogP contribution in [0, 0.1) is 33.3 Å². The largest absolute Gasteiger partial charge is 0.345 e. The number of hydrogen-bond donors (Lipinski definition) is 2. The summed E-state index contributed by atoms with van der Waals surface area (Å²) < 4.78 is 0. The Bertz CT molecular complexity index is 756. The van der Waals surface area contributed by atoms with Gasteiger partial charge in [-0.2, -0.15) is 0 Å². The van der Waals surface area contributed by atoms with Gasteiger partial charge in [-0.25, -0.2) is 0 Å². The van der Waals surface area contributed by atoms with E-state index in [1.165, 1.54) is 37.5 Å². The molecule has 0 radical (unpaired) electrons. The molecule has 2 amide bonds. The molecule has 2 N–H and O–H groups in total. The maximum absolute atomic E-state index is 12.4. The molecule has 1 atom stereocenters. The fraction of sp³-hybridized carbons (Fsp3) is 0.600. The molecule has 4 saturated carbocycles. The first-order valence-corrected chi connectivity index (χ1v) is 9.71. The summed E-state index contributed by atoms with van der Waals surface area (Å²) in [6.45, 7) is 2.00. The molecule has 7 heteroatoms. The number of benzene rings is 1. The lowest BCUT2D eigenvalue weighted by Gasteiger charge is -2.59. The molecule has 0 spiro atoms. The molecular formula is C20H25N3O4. The van der Waals surface area contributed by atoms with Crippen LogP contribution >= 0.6 is 0 Å². The second-order valence-corrected chi connectivity index (χ2v) is 8.70. The summed E-state index contributed by atoms with van der Waals surface area (Å²) in [6.07, 6.45) is 7.35. The zero-order valence-electron chi connectivity index (χ0n) is 15.4. The Morgan fingerprint density at radius 1 is 1.07 bits per heavy atom. The van der Waals surface area contributed by atoms with Gasteiger partial charge in [-0.05, 0) is 74.7 Å².